The summed E-state index contributed by atoms with van der Waals surface area (Å²) >= 11 is 0. The highest BCUT2D eigenvalue weighted by Gasteiger charge is 2.06. The Morgan fingerprint density at radius 3 is 2.28 bits per heavy atom. The van der Waals surface area contributed by atoms with Crippen molar-refractivity contribution in [1.29, 1.82) is 0 Å². The fourth-order valence-electron chi connectivity index (χ4n) is 1.72. The van der Waals surface area contributed by atoms with Crippen molar-refractivity contribution in [3.8, 4) is 5.75 Å². The lowest BCUT2D eigenvalue weighted by Crippen LogP contribution is -2.07. The van der Waals surface area contributed by atoms with Crippen LogP contribution < -0.4 is 10.5 Å². The Hall–Kier alpha value is -1.51. The van der Waals surface area contributed by atoms with Gasteiger partial charge in [-0.1, -0.05) is 48.5 Å². The Bertz CT molecular complexity index is 471. The molecule has 2 nitrogen and oxygen atoms in total. The zero-order valence-electron chi connectivity index (χ0n) is 10.4. The van der Waals surface area contributed by atoms with Gasteiger partial charge in [-0.25, -0.2) is 0 Å². The second-order valence-electron chi connectivity index (χ2n) is 4.10. The summed E-state index contributed by atoms with van der Waals surface area (Å²) in [5.74, 6) is 0.867. The number of benzene rings is 2. The average Bonchev–Trinajstić information content (AvgIpc) is 2.38. The fourth-order valence-corrected chi connectivity index (χ4v) is 1.72. The van der Waals surface area contributed by atoms with E-state index in [0.717, 1.165) is 16.9 Å². The molecule has 0 radical (unpaired) electrons. The van der Waals surface area contributed by atoms with Crippen LogP contribution in [0.4, 0.5) is 0 Å². The monoisotopic (exact) mass is 263 g/mol. The molecule has 2 N–H and O–H groups in total. The van der Waals surface area contributed by atoms with Crippen molar-refractivity contribution < 1.29 is 4.74 Å². The zero-order valence-corrected chi connectivity index (χ0v) is 11.2. The van der Waals surface area contributed by atoms with E-state index in [2.05, 4.69) is 12.1 Å². The molecule has 0 amide bonds. The van der Waals surface area contributed by atoms with Crippen LogP contribution in [0.5, 0.6) is 5.75 Å². The number of hydrogen-bond donors (Lipinski definition) is 1. The van der Waals surface area contributed by atoms with Crippen LogP contribution in [0.25, 0.3) is 0 Å². The molecule has 0 fully saturated rings. The lowest BCUT2D eigenvalue weighted by Gasteiger charge is -2.13. The molecule has 2 aromatic carbocycles. The van der Waals surface area contributed by atoms with Crippen molar-refractivity contribution in [1.82, 2.24) is 0 Å². The first-order chi connectivity index (χ1) is 8.27. The van der Waals surface area contributed by atoms with Crippen LogP contribution in [-0.2, 0) is 6.61 Å². The summed E-state index contributed by atoms with van der Waals surface area (Å²) in [5, 5.41) is 0. The van der Waals surface area contributed by atoms with Crippen LogP contribution in [0.2, 0.25) is 0 Å². The van der Waals surface area contributed by atoms with Crippen LogP contribution in [0.15, 0.2) is 54.6 Å². The molecule has 0 aliphatic carbocycles. The van der Waals surface area contributed by atoms with Gasteiger partial charge in [0.25, 0.3) is 0 Å². The summed E-state index contributed by atoms with van der Waals surface area (Å²) in [5.41, 5.74) is 8.11. The van der Waals surface area contributed by atoms with Crippen molar-refractivity contribution in [2.45, 2.75) is 19.6 Å². The second-order valence-corrected chi connectivity index (χ2v) is 4.10. The minimum absolute atomic E-state index is 0. The lowest BCUT2D eigenvalue weighted by molar-refractivity contribution is 0.301. The topological polar surface area (TPSA) is 35.2 Å². The molecule has 1 unspecified atom stereocenters. The summed E-state index contributed by atoms with van der Waals surface area (Å²) in [6.45, 7) is 2.54. The van der Waals surface area contributed by atoms with E-state index < -0.39 is 0 Å². The highest BCUT2D eigenvalue weighted by atomic mass is 35.5. The third-order valence-corrected chi connectivity index (χ3v) is 2.65. The summed E-state index contributed by atoms with van der Waals surface area (Å²) < 4.78 is 5.80. The molecule has 2 rings (SSSR count). The fraction of sp³-hybridized carbons (Fsp3) is 0.200. The molecular formula is C15H18ClNO. The highest BCUT2D eigenvalue weighted by molar-refractivity contribution is 5.85. The Kier molecular flexibility index (Phi) is 5.69. The van der Waals surface area contributed by atoms with Crippen molar-refractivity contribution >= 4 is 12.4 Å². The van der Waals surface area contributed by atoms with E-state index >= 15 is 0 Å². The quantitative estimate of drug-likeness (QED) is 0.913. The van der Waals surface area contributed by atoms with E-state index in [9.17, 15) is 0 Å². The van der Waals surface area contributed by atoms with Crippen LogP contribution in [0.3, 0.4) is 0 Å². The van der Waals surface area contributed by atoms with Crippen molar-refractivity contribution in [2.24, 2.45) is 5.73 Å². The molecule has 0 aliphatic rings. The maximum Gasteiger partial charge on any atom is 0.124 e. The van der Waals surface area contributed by atoms with Gasteiger partial charge < -0.3 is 10.5 Å². The largest absolute Gasteiger partial charge is 0.489 e. The Labute approximate surface area is 114 Å². The molecule has 0 saturated carbocycles. The molecule has 0 aliphatic heterocycles. The number of nitrogens with two attached hydrogens (primary N) is 1. The predicted molar refractivity (Wildman–Crippen MR) is 77.1 cm³/mol. The predicted octanol–water partition coefficient (Wildman–Crippen LogP) is 3.71. The van der Waals surface area contributed by atoms with Gasteiger partial charge in [0.1, 0.15) is 12.4 Å². The molecule has 0 heterocycles. The maximum absolute atomic E-state index is 5.90. The van der Waals surface area contributed by atoms with E-state index in [4.69, 9.17) is 10.5 Å². The first-order valence-corrected chi connectivity index (χ1v) is 5.78. The molecular weight excluding hydrogens is 246 g/mol. The minimum atomic E-state index is -0.0121. The average molecular weight is 264 g/mol. The van der Waals surface area contributed by atoms with Crippen molar-refractivity contribution in [3.63, 3.8) is 0 Å². The smallest absolute Gasteiger partial charge is 0.124 e. The molecule has 0 aromatic heterocycles. The highest BCUT2D eigenvalue weighted by Crippen LogP contribution is 2.23. The third-order valence-electron chi connectivity index (χ3n) is 2.65. The standard InChI is InChI=1S/C15H17NO.ClH/c1-12(16)14-9-5-6-10-15(14)17-11-13-7-3-2-4-8-13;/h2-10,12H,11,16H2,1H3;1H. The van der Waals surface area contributed by atoms with E-state index in [-0.39, 0.29) is 18.4 Å². The van der Waals surface area contributed by atoms with E-state index in [1.165, 1.54) is 0 Å². The van der Waals surface area contributed by atoms with Crippen molar-refractivity contribution in [2.75, 3.05) is 0 Å². The summed E-state index contributed by atoms with van der Waals surface area (Å²) in [4.78, 5) is 0. The first-order valence-electron chi connectivity index (χ1n) is 5.78. The molecule has 18 heavy (non-hydrogen) atoms. The second kappa shape index (κ2) is 7.04. The van der Waals surface area contributed by atoms with E-state index in [0.29, 0.717) is 6.61 Å². The Morgan fingerprint density at radius 1 is 1.00 bits per heavy atom. The maximum atomic E-state index is 5.90. The molecule has 0 spiro atoms. The number of halogens is 1. The molecule has 0 bridgehead atoms. The van der Waals surface area contributed by atoms with Crippen molar-refractivity contribution in [3.05, 3.63) is 65.7 Å². The van der Waals surface area contributed by atoms with Gasteiger partial charge in [0.15, 0.2) is 0 Å². The number of hydrogen-bond acceptors (Lipinski definition) is 2. The lowest BCUT2D eigenvalue weighted by atomic mass is 10.1. The summed E-state index contributed by atoms with van der Waals surface area (Å²) in [6, 6.07) is 18.0. The number of para-hydroxylation sites is 1. The van der Waals surface area contributed by atoms with Crippen LogP contribution in [0, 0.1) is 0 Å². The van der Waals surface area contributed by atoms with Crippen LogP contribution in [0.1, 0.15) is 24.1 Å². The number of rotatable bonds is 4. The first kappa shape index (κ1) is 14.6. The van der Waals surface area contributed by atoms with Gasteiger partial charge in [-0.05, 0) is 18.6 Å². The van der Waals surface area contributed by atoms with Crippen LogP contribution in [-0.4, -0.2) is 0 Å². The van der Waals surface area contributed by atoms with Gasteiger partial charge in [-0.3, -0.25) is 0 Å². The molecule has 1 atom stereocenters. The molecule has 0 saturated heterocycles. The van der Waals surface area contributed by atoms with Gasteiger partial charge in [-0.2, -0.15) is 0 Å². The molecule has 3 heteroatoms. The third kappa shape index (κ3) is 3.76. The minimum Gasteiger partial charge on any atom is -0.489 e. The summed E-state index contributed by atoms with van der Waals surface area (Å²) in [6.07, 6.45) is 0. The van der Waals surface area contributed by atoms with E-state index in [1.54, 1.807) is 0 Å². The van der Waals surface area contributed by atoms with Gasteiger partial charge in [0.05, 0.1) is 0 Å². The van der Waals surface area contributed by atoms with Gasteiger partial charge >= 0.3 is 0 Å². The summed E-state index contributed by atoms with van der Waals surface area (Å²) in [7, 11) is 0. The van der Waals surface area contributed by atoms with Crippen LogP contribution >= 0.6 is 12.4 Å². The van der Waals surface area contributed by atoms with Gasteiger partial charge in [0, 0.05) is 11.6 Å². The van der Waals surface area contributed by atoms with E-state index in [1.807, 2.05) is 49.4 Å². The Morgan fingerprint density at radius 2 is 1.61 bits per heavy atom. The number of ether oxygens (including phenoxy) is 1. The van der Waals surface area contributed by atoms with Gasteiger partial charge in [-0.15, -0.1) is 12.4 Å². The normalized spacial score (nSPS) is 11.4. The zero-order chi connectivity index (χ0) is 12.1. The molecule has 2 aromatic rings. The molecule has 96 valence electrons. The Balaban J connectivity index is 0.00000162. The van der Waals surface area contributed by atoms with Gasteiger partial charge in [0.2, 0.25) is 0 Å². The SMILES string of the molecule is CC(N)c1ccccc1OCc1ccccc1.Cl.